The van der Waals surface area contributed by atoms with Gasteiger partial charge in [0.15, 0.2) is 0 Å². The maximum absolute atomic E-state index is 13.2. The summed E-state index contributed by atoms with van der Waals surface area (Å²) in [6.45, 7) is 4.17. The molecule has 0 radical (unpaired) electrons. The molecule has 1 N–H and O–H groups in total. The van der Waals surface area contributed by atoms with Crippen molar-refractivity contribution in [2.24, 2.45) is 5.92 Å². The average molecular weight is 259 g/mol. The maximum Gasteiger partial charge on any atom is 0.123 e. The summed E-state index contributed by atoms with van der Waals surface area (Å²) >= 11 is 6.01. The molecule has 96 valence electrons. The Morgan fingerprint density at radius 1 is 1.24 bits per heavy atom. The third kappa shape index (κ3) is 3.97. The zero-order chi connectivity index (χ0) is 12.8. The Hall–Kier alpha value is -0.600. The van der Waals surface area contributed by atoms with Gasteiger partial charge in [-0.1, -0.05) is 38.3 Å². The van der Waals surface area contributed by atoms with Gasteiger partial charge in [-0.05, 0) is 37.0 Å². The number of aliphatic hydroxyl groups excluding tert-OH is 1. The molecule has 1 unspecified atom stereocenters. The predicted molar refractivity (Wildman–Crippen MR) is 69.7 cm³/mol. The van der Waals surface area contributed by atoms with Gasteiger partial charge < -0.3 is 5.11 Å². The van der Waals surface area contributed by atoms with Crippen molar-refractivity contribution in [1.29, 1.82) is 0 Å². The van der Waals surface area contributed by atoms with Crippen LogP contribution >= 0.6 is 11.6 Å². The molecule has 0 fully saturated rings. The lowest BCUT2D eigenvalue weighted by Crippen LogP contribution is -2.13. The Balaban J connectivity index is 2.91. The highest BCUT2D eigenvalue weighted by Gasteiger charge is 2.21. The minimum Gasteiger partial charge on any atom is -0.388 e. The average Bonchev–Trinajstić information content (AvgIpc) is 2.31. The SMILES string of the molecule is CCCC(CCC)C(O)c1cc(F)ccc1Cl. The van der Waals surface area contributed by atoms with Crippen molar-refractivity contribution in [3.8, 4) is 0 Å². The summed E-state index contributed by atoms with van der Waals surface area (Å²) in [5.41, 5.74) is 0.513. The van der Waals surface area contributed by atoms with Gasteiger partial charge in [0.2, 0.25) is 0 Å². The van der Waals surface area contributed by atoms with Gasteiger partial charge in [-0.25, -0.2) is 4.39 Å². The molecule has 17 heavy (non-hydrogen) atoms. The van der Waals surface area contributed by atoms with Crippen molar-refractivity contribution in [2.75, 3.05) is 0 Å². The largest absolute Gasteiger partial charge is 0.388 e. The van der Waals surface area contributed by atoms with Crippen LogP contribution in [0.15, 0.2) is 18.2 Å². The zero-order valence-electron chi connectivity index (χ0n) is 10.4. The fourth-order valence-electron chi connectivity index (χ4n) is 2.20. The first-order valence-corrected chi connectivity index (χ1v) is 6.60. The van der Waals surface area contributed by atoms with Crippen LogP contribution in [0.1, 0.15) is 51.2 Å². The number of hydrogen-bond acceptors (Lipinski definition) is 1. The van der Waals surface area contributed by atoms with E-state index in [1.165, 1.54) is 18.2 Å². The molecule has 0 saturated carbocycles. The van der Waals surface area contributed by atoms with Gasteiger partial charge in [0.05, 0.1) is 6.10 Å². The summed E-state index contributed by atoms with van der Waals surface area (Å²) in [4.78, 5) is 0. The van der Waals surface area contributed by atoms with E-state index in [1.54, 1.807) is 0 Å². The number of aliphatic hydroxyl groups is 1. The van der Waals surface area contributed by atoms with E-state index in [9.17, 15) is 9.50 Å². The van der Waals surface area contributed by atoms with Gasteiger partial charge in [0.25, 0.3) is 0 Å². The first kappa shape index (κ1) is 14.5. The third-order valence-electron chi connectivity index (χ3n) is 3.04. The summed E-state index contributed by atoms with van der Waals surface area (Å²) in [7, 11) is 0. The highest BCUT2D eigenvalue weighted by Crippen LogP contribution is 2.33. The van der Waals surface area contributed by atoms with E-state index < -0.39 is 6.10 Å². The van der Waals surface area contributed by atoms with Gasteiger partial charge >= 0.3 is 0 Å². The van der Waals surface area contributed by atoms with Gasteiger partial charge in [-0.2, -0.15) is 0 Å². The second kappa shape index (κ2) is 6.97. The summed E-state index contributed by atoms with van der Waals surface area (Å²) in [6, 6.07) is 4.16. The molecule has 1 rings (SSSR count). The Kier molecular flexibility index (Phi) is 5.93. The summed E-state index contributed by atoms with van der Waals surface area (Å²) < 4.78 is 13.2. The minimum absolute atomic E-state index is 0.157. The quantitative estimate of drug-likeness (QED) is 0.782. The molecule has 0 amide bonds. The first-order chi connectivity index (χ1) is 8.10. The predicted octanol–water partition coefficient (Wildman–Crippen LogP) is 4.73. The van der Waals surface area contributed by atoms with Crippen LogP contribution in [0.3, 0.4) is 0 Å². The monoisotopic (exact) mass is 258 g/mol. The van der Waals surface area contributed by atoms with Crippen molar-refractivity contribution < 1.29 is 9.50 Å². The van der Waals surface area contributed by atoms with Gasteiger partial charge in [-0.15, -0.1) is 0 Å². The van der Waals surface area contributed by atoms with Gasteiger partial charge in [0, 0.05) is 10.6 Å². The van der Waals surface area contributed by atoms with Gasteiger partial charge in [-0.3, -0.25) is 0 Å². The fraction of sp³-hybridized carbons (Fsp3) is 0.571. The summed E-state index contributed by atoms with van der Waals surface area (Å²) in [6.07, 6.45) is 3.21. The van der Waals surface area contributed by atoms with E-state index >= 15 is 0 Å². The van der Waals surface area contributed by atoms with Crippen LogP contribution < -0.4 is 0 Å². The van der Waals surface area contributed by atoms with Crippen LogP contribution in [0.25, 0.3) is 0 Å². The highest BCUT2D eigenvalue weighted by atomic mass is 35.5. The third-order valence-corrected chi connectivity index (χ3v) is 3.39. The van der Waals surface area contributed by atoms with E-state index in [1.807, 2.05) is 0 Å². The Labute approximate surface area is 108 Å². The zero-order valence-corrected chi connectivity index (χ0v) is 11.2. The molecule has 0 aromatic heterocycles. The molecule has 0 spiro atoms. The molecule has 1 aromatic rings. The molecule has 0 bridgehead atoms. The molecule has 1 atom stereocenters. The topological polar surface area (TPSA) is 20.2 Å². The van der Waals surface area contributed by atoms with Crippen molar-refractivity contribution in [3.05, 3.63) is 34.6 Å². The maximum atomic E-state index is 13.2. The smallest absolute Gasteiger partial charge is 0.123 e. The van der Waals surface area contributed by atoms with E-state index in [4.69, 9.17) is 11.6 Å². The van der Waals surface area contributed by atoms with Crippen LogP contribution in [-0.2, 0) is 0 Å². The van der Waals surface area contributed by atoms with E-state index in [-0.39, 0.29) is 11.7 Å². The van der Waals surface area contributed by atoms with Crippen LogP contribution in [0, 0.1) is 11.7 Å². The molecule has 1 aromatic carbocycles. The normalized spacial score (nSPS) is 13.1. The number of benzene rings is 1. The van der Waals surface area contributed by atoms with E-state index in [0.29, 0.717) is 10.6 Å². The fourth-order valence-corrected chi connectivity index (χ4v) is 2.43. The Morgan fingerprint density at radius 3 is 2.35 bits per heavy atom. The molecular weight excluding hydrogens is 239 g/mol. The van der Waals surface area contributed by atoms with Crippen LogP contribution in [0.5, 0.6) is 0 Å². The van der Waals surface area contributed by atoms with Crippen molar-refractivity contribution in [3.63, 3.8) is 0 Å². The van der Waals surface area contributed by atoms with Crippen LogP contribution in [0.2, 0.25) is 5.02 Å². The molecule has 0 aliphatic heterocycles. The second-order valence-electron chi connectivity index (χ2n) is 4.45. The Morgan fingerprint density at radius 2 is 1.82 bits per heavy atom. The molecule has 0 saturated heterocycles. The lowest BCUT2D eigenvalue weighted by molar-refractivity contribution is 0.0962. The van der Waals surface area contributed by atoms with Crippen molar-refractivity contribution in [2.45, 2.75) is 45.6 Å². The molecule has 3 heteroatoms. The van der Waals surface area contributed by atoms with Crippen molar-refractivity contribution in [1.82, 2.24) is 0 Å². The number of rotatable bonds is 6. The lowest BCUT2D eigenvalue weighted by Gasteiger charge is -2.23. The van der Waals surface area contributed by atoms with E-state index in [0.717, 1.165) is 25.7 Å². The lowest BCUT2D eigenvalue weighted by atomic mass is 9.88. The number of halogens is 2. The molecule has 0 heterocycles. The molecule has 1 nitrogen and oxygen atoms in total. The van der Waals surface area contributed by atoms with Crippen LogP contribution in [0.4, 0.5) is 4.39 Å². The first-order valence-electron chi connectivity index (χ1n) is 6.23. The number of hydrogen-bond donors (Lipinski definition) is 1. The molecule has 0 aliphatic rings. The standard InChI is InChI=1S/C14H20ClFO/c1-3-5-10(6-4-2)14(17)12-9-11(16)7-8-13(12)15/h7-10,14,17H,3-6H2,1-2H3. The minimum atomic E-state index is -0.668. The van der Waals surface area contributed by atoms with Crippen molar-refractivity contribution >= 4 is 11.6 Å². The summed E-state index contributed by atoms with van der Waals surface area (Å²) in [5, 5.41) is 10.7. The highest BCUT2D eigenvalue weighted by molar-refractivity contribution is 6.31. The molecular formula is C14H20ClFO. The Bertz CT molecular complexity index is 348. The van der Waals surface area contributed by atoms with E-state index in [2.05, 4.69) is 13.8 Å². The second-order valence-corrected chi connectivity index (χ2v) is 4.86. The molecule has 0 aliphatic carbocycles. The van der Waals surface area contributed by atoms with Crippen LogP contribution in [-0.4, -0.2) is 5.11 Å². The summed E-state index contributed by atoms with van der Waals surface area (Å²) in [5.74, 6) is -0.195. The van der Waals surface area contributed by atoms with Gasteiger partial charge in [0.1, 0.15) is 5.82 Å².